The van der Waals surface area contributed by atoms with Crippen LogP contribution in [0.4, 0.5) is 4.79 Å². The number of likely N-dealkylation sites (tertiary alicyclic amines) is 1. The number of carbonyl (C=O) groups excluding carboxylic acids is 1. The van der Waals surface area contributed by atoms with Gasteiger partial charge in [0, 0.05) is 38.5 Å². The lowest BCUT2D eigenvalue weighted by Crippen LogP contribution is -2.46. The predicted molar refractivity (Wildman–Crippen MR) is 95.5 cm³/mol. The summed E-state index contributed by atoms with van der Waals surface area (Å²) < 4.78 is 5.85. The van der Waals surface area contributed by atoms with Crippen molar-refractivity contribution in [2.45, 2.75) is 32.3 Å². The number of aryl methyl sites for hydroxylation is 1. The minimum Gasteiger partial charge on any atom is -0.473 e. The fraction of sp³-hybridized carbons (Fsp3) is 0.421. The Kier molecular flexibility index (Phi) is 5.82. The third-order valence-corrected chi connectivity index (χ3v) is 4.32. The van der Waals surface area contributed by atoms with Crippen LogP contribution in [0.1, 0.15) is 24.1 Å². The van der Waals surface area contributed by atoms with Gasteiger partial charge in [-0.05, 0) is 25.0 Å². The van der Waals surface area contributed by atoms with Crippen LogP contribution in [-0.2, 0) is 6.42 Å². The highest BCUT2D eigenvalue weighted by molar-refractivity contribution is 5.74. The summed E-state index contributed by atoms with van der Waals surface area (Å²) in [5.41, 5.74) is 2.10. The Hall–Kier alpha value is -2.63. The highest BCUT2D eigenvalue weighted by Gasteiger charge is 2.24. The maximum Gasteiger partial charge on any atom is 0.317 e. The average molecular weight is 340 g/mol. The Morgan fingerprint density at radius 2 is 1.92 bits per heavy atom. The van der Waals surface area contributed by atoms with E-state index in [1.165, 1.54) is 5.56 Å². The van der Waals surface area contributed by atoms with E-state index < -0.39 is 0 Å². The molecule has 1 N–H and O–H groups in total. The standard InChI is InChI=1S/C19H24N4O2/c1-15-7-8-18(22-21-15)25-17-10-13-23(14-11-17)19(24)20-12-9-16-5-3-2-4-6-16/h2-8,17H,9-14H2,1H3,(H,20,24). The van der Waals surface area contributed by atoms with E-state index in [2.05, 4.69) is 27.6 Å². The molecule has 0 bridgehead atoms. The molecular formula is C19H24N4O2. The molecule has 0 unspecified atom stereocenters. The molecule has 1 aromatic heterocycles. The Morgan fingerprint density at radius 3 is 2.60 bits per heavy atom. The third kappa shape index (κ3) is 5.17. The van der Waals surface area contributed by atoms with Crippen molar-refractivity contribution < 1.29 is 9.53 Å². The van der Waals surface area contributed by atoms with Crippen molar-refractivity contribution in [3.8, 4) is 5.88 Å². The van der Waals surface area contributed by atoms with Gasteiger partial charge >= 0.3 is 6.03 Å². The first-order valence-electron chi connectivity index (χ1n) is 8.74. The number of hydrogen-bond acceptors (Lipinski definition) is 4. The van der Waals surface area contributed by atoms with Gasteiger partial charge in [0.15, 0.2) is 0 Å². The van der Waals surface area contributed by atoms with Crippen LogP contribution in [0, 0.1) is 6.92 Å². The monoisotopic (exact) mass is 340 g/mol. The second kappa shape index (κ2) is 8.46. The SMILES string of the molecule is Cc1ccc(OC2CCN(C(=O)NCCc3ccccc3)CC2)nn1. The van der Waals surface area contributed by atoms with E-state index in [1.807, 2.05) is 42.2 Å². The topological polar surface area (TPSA) is 67.3 Å². The summed E-state index contributed by atoms with van der Waals surface area (Å²) in [5, 5.41) is 11.0. The van der Waals surface area contributed by atoms with Crippen LogP contribution in [0.15, 0.2) is 42.5 Å². The molecule has 2 heterocycles. The van der Waals surface area contributed by atoms with Gasteiger partial charge in [-0.1, -0.05) is 30.3 Å². The van der Waals surface area contributed by atoms with Gasteiger partial charge in [-0.3, -0.25) is 0 Å². The molecule has 6 heteroatoms. The number of piperidine rings is 1. The van der Waals surface area contributed by atoms with E-state index in [-0.39, 0.29) is 12.1 Å². The van der Waals surface area contributed by atoms with Crippen molar-refractivity contribution in [3.05, 3.63) is 53.7 Å². The molecule has 6 nitrogen and oxygen atoms in total. The number of urea groups is 1. The van der Waals surface area contributed by atoms with Gasteiger partial charge in [0.05, 0.1) is 5.69 Å². The van der Waals surface area contributed by atoms with E-state index in [0.29, 0.717) is 25.5 Å². The van der Waals surface area contributed by atoms with Gasteiger partial charge in [0.25, 0.3) is 0 Å². The van der Waals surface area contributed by atoms with Crippen LogP contribution in [0.2, 0.25) is 0 Å². The number of nitrogens with zero attached hydrogens (tertiary/aromatic N) is 3. The van der Waals surface area contributed by atoms with Gasteiger partial charge in [-0.25, -0.2) is 4.79 Å². The minimum absolute atomic E-state index is 0.00417. The number of benzene rings is 1. The van der Waals surface area contributed by atoms with Crippen LogP contribution >= 0.6 is 0 Å². The largest absolute Gasteiger partial charge is 0.473 e. The van der Waals surface area contributed by atoms with Crippen molar-refractivity contribution in [2.24, 2.45) is 0 Å². The number of ether oxygens (including phenoxy) is 1. The molecule has 1 aromatic carbocycles. The Balaban J connectivity index is 1.38. The second-order valence-electron chi connectivity index (χ2n) is 6.28. The Bertz CT molecular complexity index is 668. The summed E-state index contributed by atoms with van der Waals surface area (Å²) in [4.78, 5) is 14.1. The van der Waals surface area contributed by atoms with Crippen LogP contribution in [-0.4, -0.2) is 46.9 Å². The van der Waals surface area contributed by atoms with Gasteiger partial charge in [-0.2, -0.15) is 5.10 Å². The van der Waals surface area contributed by atoms with Gasteiger partial charge in [0.1, 0.15) is 6.10 Å². The highest BCUT2D eigenvalue weighted by atomic mass is 16.5. The summed E-state index contributed by atoms with van der Waals surface area (Å²) in [5.74, 6) is 0.552. The fourth-order valence-corrected chi connectivity index (χ4v) is 2.87. The highest BCUT2D eigenvalue weighted by Crippen LogP contribution is 2.16. The minimum atomic E-state index is 0.00417. The predicted octanol–water partition coefficient (Wildman–Crippen LogP) is 2.58. The maximum absolute atomic E-state index is 12.2. The Morgan fingerprint density at radius 1 is 1.16 bits per heavy atom. The first-order chi connectivity index (χ1) is 12.2. The number of hydrogen-bond donors (Lipinski definition) is 1. The lowest BCUT2D eigenvalue weighted by molar-refractivity contribution is 0.106. The molecule has 0 spiro atoms. The average Bonchev–Trinajstić information content (AvgIpc) is 2.65. The molecule has 1 aliphatic heterocycles. The molecule has 0 radical (unpaired) electrons. The van der Waals surface area contributed by atoms with E-state index in [4.69, 9.17) is 4.74 Å². The zero-order valence-electron chi connectivity index (χ0n) is 14.5. The van der Waals surface area contributed by atoms with Crippen molar-refractivity contribution in [1.82, 2.24) is 20.4 Å². The number of carbonyl (C=O) groups is 1. The molecule has 0 atom stereocenters. The zero-order chi connectivity index (χ0) is 17.5. The molecule has 132 valence electrons. The molecule has 2 amide bonds. The van der Waals surface area contributed by atoms with E-state index in [9.17, 15) is 4.79 Å². The van der Waals surface area contributed by atoms with Crippen molar-refractivity contribution in [2.75, 3.05) is 19.6 Å². The van der Waals surface area contributed by atoms with Gasteiger partial charge < -0.3 is 15.0 Å². The lowest BCUT2D eigenvalue weighted by Gasteiger charge is -2.31. The summed E-state index contributed by atoms with van der Waals surface area (Å²) in [6.45, 7) is 3.94. The first kappa shape index (κ1) is 17.2. The van der Waals surface area contributed by atoms with Crippen LogP contribution < -0.4 is 10.1 Å². The van der Waals surface area contributed by atoms with Crippen LogP contribution in [0.3, 0.4) is 0 Å². The molecule has 25 heavy (non-hydrogen) atoms. The second-order valence-corrected chi connectivity index (χ2v) is 6.28. The molecule has 1 aliphatic rings. The maximum atomic E-state index is 12.2. The summed E-state index contributed by atoms with van der Waals surface area (Å²) in [6.07, 6.45) is 2.55. The lowest BCUT2D eigenvalue weighted by atomic mass is 10.1. The van der Waals surface area contributed by atoms with E-state index >= 15 is 0 Å². The normalized spacial score (nSPS) is 15.0. The van der Waals surface area contributed by atoms with E-state index in [1.54, 1.807) is 0 Å². The van der Waals surface area contributed by atoms with Gasteiger partial charge in [-0.15, -0.1) is 5.10 Å². The Labute approximate surface area is 148 Å². The molecular weight excluding hydrogens is 316 g/mol. The molecule has 1 saturated heterocycles. The fourth-order valence-electron chi connectivity index (χ4n) is 2.87. The number of rotatable bonds is 5. The van der Waals surface area contributed by atoms with Gasteiger partial charge in [0.2, 0.25) is 5.88 Å². The van der Waals surface area contributed by atoms with Crippen LogP contribution in [0.25, 0.3) is 0 Å². The molecule has 2 aromatic rings. The van der Waals surface area contributed by atoms with Crippen molar-refractivity contribution >= 4 is 6.03 Å². The quantitative estimate of drug-likeness (QED) is 0.908. The number of aromatic nitrogens is 2. The first-order valence-corrected chi connectivity index (χ1v) is 8.74. The smallest absolute Gasteiger partial charge is 0.317 e. The zero-order valence-corrected chi connectivity index (χ0v) is 14.5. The number of amides is 2. The molecule has 3 rings (SSSR count). The number of nitrogens with one attached hydrogen (secondary N) is 1. The summed E-state index contributed by atoms with van der Waals surface area (Å²) in [6, 6.07) is 13.9. The summed E-state index contributed by atoms with van der Waals surface area (Å²) >= 11 is 0. The van der Waals surface area contributed by atoms with Crippen molar-refractivity contribution in [3.63, 3.8) is 0 Å². The van der Waals surface area contributed by atoms with Crippen molar-refractivity contribution in [1.29, 1.82) is 0 Å². The molecule has 0 aliphatic carbocycles. The molecule has 1 fully saturated rings. The molecule has 0 saturated carbocycles. The van der Waals surface area contributed by atoms with E-state index in [0.717, 1.165) is 25.0 Å². The summed E-state index contributed by atoms with van der Waals surface area (Å²) in [7, 11) is 0. The van der Waals surface area contributed by atoms with Crippen LogP contribution in [0.5, 0.6) is 5.88 Å². The third-order valence-electron chi connectivity index (χ3n) is 4.32.